The van der Waals surface area contributed by atoms with Crippen molar-refractivity contribution in [2.45, 2.75) is 12.5 Å². The molecule has 0 aromatic heterocycles. The Bertz CT molecular complexity index is 383. The van der Waals surface area contributed by atoms with Crippen LogP contribution < -0.4 is 0 Å². The molecule has 1 aromatic rings. The molecule has 1 aliphatic rings. The van der Waals surface area contributed by atoms with E-state index >= 15 is 0 Å². The van der Waals surface area contributed by atoms with Gasteiger partial charge in [0.05, 0.1) is 6.61 Å². The highest BCUT2D eigenvalue weighted by atomic mass is 79.9. The summed E-state index contributed by atoms with van der Waals surface area (Å²) in [7, 11) is 0. The van der Waals surface area contributed by atoms with E-state index in [9.17, 15) is 5.11 Å². The summed E-state index contributed by atoms with van der Waals surface area (Å²) >= 11 is 9.23. The summed E-state index contributed by atoms with van der Waals surface area (Å²) < 4.78 is 6.15. The van der Waals surface area contributed by atoms with Gasteiger partial charge < -0.3 is 9.84 Å². The predicted molar refractivity (Wildman–Crippen MR) is 62.8 cm³/mol. The Kier molecular flexibility index (Phi) is 3.34. The van der Waals surface area contributed by atoms with E-state index in [1.165, 1.54) is 0 Å². The average molecular weight is 290 g/mol. The van der Waals surface area contributed by atoms with E-state index in [4.69, 9.17) is 16.3 Å². The third kappa shape index (κ3) is 2.54. The van der Waals surface area contributed by atoms with E-state index < -0.39 is 6.10 Å². The fourth-order valence-corrected chi connectivity index (χ4v) is 2.41. The van der Waals surface area contributed by atoms with Gasteiger partial charge in [-0.2, -0.15) is 0 Å². The largest absolute Gasteiger partial charge is 0.495 e. The Balaban J connectivity index is 2.28. The van der Waals surface area contributed by atoms with Gasteiger partial charge in [-0.1, -0.05) is 27.5 Å². The summed E-state index contributed by atoms with van der Waals surface area (Å²) in [4.78, 5) is 0. The van der Waals surface area contributed by atoms with Crippen LogP contribution in [0, 0.1) is 0 Å². The fraction of sp³-hybridized carbons (Fsp3) is 0.273. The molecule has 4 heteroatoms. The van der Waals surface area contributed by atoms with Crippen molar-refractivity contribution >= 4 is 27.5 Å². The number of halogens is 2. The van der Waals surface area contributed by atoms with Crippen LogP contribution >= 0.6 is 27.5 Å². The topological polar surface area (TPSA) is 29.5 Å². The molecule has 1 atom stereocenters. The molecular formula is C11H10BrClO2. The molecular weight excluding hydrogens is 279 g/mol. The lowest BCUT2D eigenvalue weighted by Gasteiger charge is -2.13. The molecule has 1 unspecified atom stereocenters. The van der Waals surface area contributed by atoms with E-state index in [2.05, 4.69) is 15.9 Å². The second kappa shape index (κ2) is 4.56. The van der Waals surface area contributed by atoms with Gasteiger partial charge in [-0.15, -0.1) is 0 Å². The standard InChI is InChI=1S/C11H10BrClO2/c12-8-4-7(5-9(13)6-8)11(14)10-2-1-3-15-10/h2,4-6,11,14H,1,3H2. The molecule has 1 aromatic carbocycles. The molecule has 2 rings (SSSR count). The van der Waals surface area contributed by atoms with Gasteiger partial charge in [0.1, 0.15) is 11.9 Å². The SMILES string of the molecule is OC(C1=CCCO1)c1cc(Cl)cc(Br)c1. The van der Waals surface area contributed by atoms with Crippen molar-refractivity contribution in [3.05, 3.63) is 45.1 Å². The van der Waals surface area contributed by atoms with Crippen LogP contribution in [0.15, 0.2) is 34.5 Å². The molecule has 0 amide bonds. The minimum atomic E-state index is -0.720. The van der Waals surface area contributed by atoms with Crippen molar-refractivity contribution in [2.75, 3.05) is 6.61 Å². The lowest BCUT2D eigenvalue weighted by Crippen LogP contribution is -2.02. The molecule has 0 saturated heterocycles. The quantitative estimate of drug-likeness (QED) is 0.904. The van der Waals surface area contributed by atoms with Crippen LogP contribution in [0.5, 0.6) is 0 Å². The molecule has 1 N–H and O–H groups in total. The summed E-state index contributed by atoms with van der Waals surface area (Å²) in [6, 6.07) is 5.35. The van der Waals surface area contributed by atoms with E-state index in [1.54, 1.807) is 12.1 Å². The summed E-state index contributed by atoms with van der Waals surface area (Å²) in [5.41, 5.74) is 0.738. The van der Waals surface area contributed by atoms with Gasteiger partial charge >= 0.3 is 0 Å². The molecule has 0 bridgehead atoms. The zero-order chi connectivity index (χ0) is 10.8. The Hall–Kier alpha value is -0.510. The molecule has 80 valence electrons. The maximum Gasteiger partial charge on any atom is 0.136 e. The van der Waals surface area contributed by atoms with Crippen LogP contribution in [-0.2, 0) is 4.74 Å². The van der Waals surface area contributed by atoms with Gasteiger partial charge in [0.25, 0.3) is 0 Å². The average Bonchev–Trinajstić information content (AvgIpc) is 2.67. The lowest BCUT2D eigenvalue weighted by molar-refractivity contribution is 0.119. The van der Waals surface area contributed by atoms with Crippen molar-refractivity contribution in [1.82, 2.24) is 0 Å². The normalized spacial score (nSPS) is 17.1. The van der Waals surface area contributed by atoms with Gasteiger partial charge in [0, 0.05) is 15.9 Å². The Morgan fingerprint density at radius 3 is 2.80 bits per heavy atom. The van der Waals surface area contributed by atoms with Gasteiger partial charge in [0.2, 0.25) is 0 Å². The van der Waals surface area contributed by atoms with Crippen molar-refractivity contribution in [2.24, 2.45) is 0 Å². The highest BCUT2D eigenvalue weighted by molar-refractivity contribution is 9.10. The van der Waals surface area contributed by atoms with Gasteiger partial charge in [-0.3, -0.25) is 0 Å². The molecule has 1 aliphatic heterocycles. The van der Waals surface area contributed by atoms with Crippen molar-refractivity contribution < 1.29 is 9.84 Å². The van der Waals surface area contributed by atoms with Crippen molar-refractivity contribution in [3.63, 3.8) is 0 Å². The van der Waals surface area contributed by atoms with Gasteiger partial charge in [0.15, 0.2) is 0 Å². The molecule has 2 nitrogen and oxygen atoms in total. The first-order valence-electron chi connectivity index (χ1n) is 4.64. The smallest absolute Gasteiger partial charge is 0.136 e. The summed E-state index contributed by atoms with van der Waals surface area (Å²) in [5.74, 6) is 0.615. The highest BCUT2D eigenvalue weighted by Crippen LogP contribution is 2.30. The van der Waals surface area contributed by atoms with E-state index in [-0.39, 0.29) is 0 Å². The monoisotopic (exact) mass is 288 g/mol. The van der Waals surface area contributed by atoms with Crippen molar-refractivity contribution in [1.29, 1.82) is 0 Å². The first kappa shape index (κ1) is 11.0. The predicted octanol–water partition coefficient (Wildman–Crippen LogP) is 3.44. The number of hydrogen-bond donors (Lipinski definition) is 1. The van der Waals surface area contributed by atoms with Crippen molar-refractivity contribution in [3.8, 4) is 0 Å². The van der Waals surface area contributed by atoms with Gasteiger partial charge in [-0.05, 0) is 29.8 Å². The molecule has 0 fully saturated rings. The maximum absolute atomic E-state index is 10.00. The Morgan fingerprint density at radius 1 is 1.40 bits per heavy atom. The summed E-state index contributed by atoms with van der Waals surface area (Å²) in [5, 5.41) is 10.6. The zero-order valence-electron chi connectivity index (χ0n) is 7.91. The molecule has 0 spiro atoms. The van der Waals surface area contributed by atoms with Crippen LogP contribution in [0.4, 0.5) is 0 Å². The number of ether oxygens (including phenoxy) is 1. The second-order valence-corrected chi connectivity index (χ2v) is 4.70. The number of aliphatic hydroxyl groups is 1. The minimum absolute atomic E-state index is 0.594. The molecule has 15 heavy (non-hydrogen) atoms. The molecule has 0 saturated carbocycles. The third-order valence-corrected chi connectivity index (χ3v) is 2.88. The van der Waals surface area contributed by atoms with E-state index in [0.717, 1.165) is 16.5 Å². The second-order valence-electron chi connectivity index (χ2n) is 3.35. The Labute approximate surface area is 102 Å². The number of benzene rings is 1. The number of hydrogen-bond acceptors (Lipinski definition) is 2. The van der Waals surface area contributed by atoms with Crippen LogP contribution in [0.2, 0.25) is 5.02 Å². The van der Waals surface area contributed by atoms with Gasteiger partial charge in [-0.25, -0.2) is 0 Å². The maximum atomic E-state index is 10.00. The van der Waals surface area contributed by atoms with Crippen LogP contribution in [0.3, 0.4) is 0 Å². The summed E-state index contributed by atoms with van der Waals surface area (Å²) in [6.45, 7) is 0.647. The highest BCUT2D eigenvalue weighted by Gasteiger charge is 2.18. The number of aliphatic hydroxyl groups excluding tert-OH is 1. The zero-order valence-corrected chi connectivity index (χ0v) is 10.3. The van der Waals surface area contributed by atoms with Crippen LogP contribution in [-0.4, -0.2) is 11.7 Å². The summed E-state index contributed by atoms with van der Waals surface area (Å²) in [6.07, 6.45) is 2.04. The Morgan fingerprint density at radius 2 is 2.20 bits per heavy atom. The van der Waals surface area contributed by atoms with E-state index in [1.807, 2.05) is 12.1 Å². The van der Waals surface area contributed by atoms with Crippen LogP contribution in [0.25, 0.3) is 0 Å². The first-order valence-corrected chi connectivity index (χ1v) is 5.81. The lowest BCUT2D eigenvalue weighted by atomic mass is 10.1. The minimum Gasteiger partial charge on any atom is -0.495 e. The van der Waals surface area contributed by atoms with Crippen LogP contribution in [0.1, 0.15) is 18.1 Å². The molecule has 1 heterocycles. The van der Waals surface area contributed by atoms with E-state index in [0.29, 0.717) is 17.4 Å². The molecule has 0 aliphatic carbocycles. The fourth-order valence-electron chi connectivity index (χ4n) is 1.52. The molecule has 0 radical (unpaired) electrons. The number of rotatable bonds is 2. The third-order valence-electron chi connectivity index (χ3n) is 2.20. The first-order chi connectivity index (χ1) is 7.16.